The summed E-state index contributed by atoms with van der Waals surface area (Å²) in [7, 11) is 1.89. The van der Waals surface area contributed by atoms with Gasteiger partial charge in [0.05, 0.1) is 6.54 Å². The number of aliphatic imine (C=N–C) groups is 1. The zero-order chi connectivity index (χ0) is 16.3. The first-order valence-corrected chi connectivity index (χ1v) is 8.18. The average Bonchev–Trinajstić information content (AvgIpc) is 2.77. The van der Waals surface area contributed by atoms with Gasteiger partial charge in [-0.05, 0) is 37.9 Å². The highest BCUT2D eigenvalue weighted by Crippen LogP contribution is 2.41. The molecule has 0 spiro atoms. The highest BCUT2D eigenvalue weighted by atomic mass is 32.2. The van der Waals surface area contributed by atoms with Crippen molar-refractivity contribution in [2.75, 3.05) is 20.3 Å². The van der Waals surface area contributed by atoms with E-state index in [0.717, 1.165) is 23.3 Å². The lowest BCUT2D eigenvalue weighted by atomic mass is 10.1. The Labute approximate surface area is 134 Å². The van der Waals surface area contributed by atoms with Crippen LogP contribution in [0.2, 0.25) is 0 Å². The van der Waals surface area contributed by atoms with Crippen molar-refractivity contribution < 1.29 is 13.3 Å². The van der Waals surface area contributed by atoms with E-state index < -0.39 is 11.6 Å². The molecule has 1 N–H and O–H groups in total. The lowest BCUT2D eigenvalue weighted by Gasteiger charge is -2.31. The van der Waals surface area contributed by atoms with Gasteiger partial charge in [0.1, 0.15) is 24.0 Å². The van der Waals surface area contributed by atoms with Crippen LogP contribution >= 0.6 is 11.8 Å². The van der Waals surface area contributed by atoms with E-state index in [-0.39, 0.29) is 5.92 Å². The Bertz CT molecular complexity index is 593. The molecule has 0 saturated carbocycles. The smallest absolute Gasteiger partial charge is 0.201 e. The monoisotopic (exact) mass is 326 g/mol. The number of nitrogens with one attached hydrogen (secondary N) is 1. The Balaban J connectivity index is 2.44. The van der Waals surface area contributed by atoms with Crippen molar-refractivity contribution in [2.24, 2.45) is 10.9 Å². The van der Waals surface area contributed by atoms with Gasteiger partial charge in [-0.15, -0.1) is 0 Å². The van der Waals surface area contributed by atoms with Crippen molar-refractivity contribution in [2.45, 2.75) is 25.7 Å². The molecule has 120 valence electrons. The van der Waals surface area contributed by atoms with E-state index in [9.17, 15) is 8.78 Å². The predicted octanol–water partition coefficient (Wildman–Crippen LogP) is 3.94. The maximum absolute atomic E-state index is 13.5. The minimum Gasteiger partial charge on any atom is -0.273 e. The fourth-order valence-corrected chi connectivity index (χ4v) is 3.86. The molecule has 0 amide bonds. The van der Waals surface area contributed by atoms with E-state index in [1.54, 1.807) is 0 Å². The third-order valence-corrected chi connectivity index (χ3v) is 4.88. The van der Waals surface area contributed by atoms with Crippen molar-refractivity contribution in [1.29, 1.82) is 0 Å². The molecule has 1 aliphatic rings. The lowest BCUT2D eigenvalue weighted by Crippen LogP contribution is -2.48. The third kappa shape index (κ3) is 3.39. The van der Waals surface area contributed by atoms with Gasteiger partial charge in [0, 0.05) is 16.9 Å². The zero-order valence-corrected chi connectivity index (χ0v) is 14.2. The predicted molar refractivity (Wildman–Crippen MR) is 87.3 cm³/mol. The molecular formula is C16H22F2N3S+. The number of hydrogen-bond acceptors (Lipinski definition) is 3. The van der Waals surface area contributed by atoms with E-state index in [4.69, 9.17) is 0 Å². The summed E-state index contributed by atoms with van der Waals surface area (Å²) < 4.78 is 27.5. The van der Waals surface area contributed by atoms with E-state index in [1.807, 2.05) is 13.4 Å². The molecule has 0 aliphatic carbocycles. The Morgan fingerprint density at radius 1 is 1.23 bits per heavy atom. The summed E-state index contributed by atoms with van der Waals surface area (Å²) in [6.45, 7) is 7.75. The van der Waals surface area contributed by atoms with E-state index in [2.05, 4.69) is 31.1 Å². The molecule has 1 unspecified atom stereocenters. The van der Waals surface area contributed by atoms with Gasteiger partial charge in [0.2, 0.25) is 5.03 Å². The van der Waals surface area contributed by atoms with Crippen molar-refractivity contribution in [3.8, 4) is 0 Å². The summed E-state index contributed by atoms with van der Waals surface area (Å²) >= 11 is 1.39. The van der Waals surface area contributed by atoms with Gasteiger partial charge < -0.3 is 0 Å². The molecule has 0 bridgehead atoms. The quantitative estimate of drug-likeness (QED) is 0.801. The first-order chi connectivity index (χ1) is 10.4. The van der Waals surface area contributed by atoms with Crippen LogP contribution in [0.25, 0.3) is 0 Å². The van der Waals surface area contributed by atoms with Gasteiger partial charge in [0.25, 0.3) is 0 Å². The molecule has 1 heterocycles. The Hall–Kier alpha value is -1.24. The molecule has 0 fully saturated rings. The van der Waals surface area contributed by atoms with Gasteiger partial charge in [0.15, 0.2) is 6.34 Å². The van der Waals surface area contributed by atoms with Crippen LogP contribution in [0.5, 0.6) is 0 Å². The Morgan fingerprint density at radius 2 is 1.86 bits per heavy atom. The van der Waals surface area contributed by atoms with Crippen LogP contribution in [0.4, 0.5) is 8.78 Å². The first kappa shape index (κ1) is 17.1. The molecule has 22 heavy (non-hydrogen) atoms. The number of rotatable bonds is 6. The molecular weight excluding hydrogens is 304 g/mol. The molecule has 0 aromatic heterocycles. The highest BCUT2D eigenvalue weighted by Gasteiger charge is 2.38. The van der Waals surface area contributed by atoms with Crippen LogP contribution < -0.4 is 5.32 Å². The lowest BCUT2D eigenvalue weighted by molar-refractivity contribution is -0.786. The Morgan fingerprint density at radius 3 is 2.36 bits per heavy atom. The minimum absolute atomic E-state index is 0.251. The van der Waals surface area contributed by atoms with Crippen molar-refractivity contribution >= 4 is 18.1 Å². The second-order valence-electron chi connectivity index (χ2n) is 5.66. The molecule has 1 aromatic carbocycles. The molecule has 1 aliphatic heterocycles. The number of nitrogens with zero attached hydrogens (tertiary/aromatic N) is 2. The van der Waals surface area contributed by atoms with Gasteiger partial charge in [-0.25, -0.2) is 18.3 Å². The van der Waals surface area contributed by atoms with Crippen LogP contribution in [0.15, 0.2) is 38.8 Å². The van der Waals surface area contributed by atoms with Crippen LogP contribution in [0.3, 0.4) is 0 Å². The van der Waals surface area contributed by atoms with Crippen molar-refractivity contribution in [3.05, 3.63) is 40.6 Å². The second kappa shape index (κ2) is 6.89. The van der Waals surface area contributed by atoms with Crippen LogP contribution in [0.1, 0.15) is 20.8 Å². The number of thioether (sulfide) groups is 1. The number of allylic oxidation sites excluding steroid dienone is 1. The maximum Gasteiger partial charge on any atom is 0.201 e. The molecule has 6 heteroatoms. The van der Waals surface area contributed by atoms with Crippen molar-refractivity contribution in [3.63, 3.8) is 0 Å². The minimum atomic E-state index is -0.559. The Kier molecular flexibility index (Phi) is 5.36. The van der Waals surface area contributed by atoms with E-state index in [1.165, 1.54) is 23.9 Å². The topological polar surface area (TPSA) is 24.4 Å². The SMILES string of the molecule is CC[N+]1(CNC)C=NC(C(C)C)=C1Sc1cc(F)cc(F)c1. The van der Waals surface area contributed by atoms with Crippen molar-refractivity contribution in [1.82, 2.24) is 5.32 Å². The third-order valence-electron chi connectivity index (χ3n) is 3.64. The average molecular weight is 326 g/mol. The molecule has 2 rings (SSSR count). The summed E-state index contributed by atoms with van der Waals surface area (Å²) in [6, 6.07) is 3.62. The highest BCUT2D eigenvalue weighted by molar-refractivity contribution is 8.02. The van der Waals surface area contributed by atoms with Crippen LogP contribution in [-0.4, -0.2) is 31.1 Å². The molecule has 1 atom stereocenters. The largest absolute Gasteiger partial charge is 0.273 e. The van der Waals surface area contributed by atoms with Gasteiger partial charge in [-0.3, -0.25) is 5.32 Å². The number of hydrogen-bond donors (Lipinski definition) is 1. The zero-order valence-electron chi connectivity index (χ0n) is 13.4. The summed E-state index contributed by atoms with van der Waals surface area (Å²) in [5.74, 6) is -0.867. The van der Waals surface area contributed by atoms with E-state index >= 15 is 0 Å². The standard InChI is InChI=1S/C16H22F2N3S/c1-5-21(9-19-4)10-20-15(11(2)3)16(21)22-14-7-12(17)6-13(18)8-14/h6-8,10-11,19H,5,9H2,1-4H3/q+1. The van der Waals surface area contributed by atoms with Gasteiger partial charge in [-0.2, -0.15) is 0 Å². The van der Waals surface area contributed by atoms with Gasteiger partial charge >= 0.3 is 0 Å². The second-order valence-corrected chi connectivity index (χ2v) is 6.72. The maximum atomic E-state index is 13.5. The van der Waals surface area contributed by atoms with E-state index in [0.29, 0.717) is 16.0 Å². The number of quaternary nitrogens is 1. The molecule has 3 nitrogen and oxygen atoms in total. The number of halogens is 2. The molecule has 0 radical (unpaired) electrons. The van der Waals surface area contributed by atoms with Crippen LogP contribution in [0, 0.1) is 17.6 Å². The fourth-order valence-electron chi connectivity index (χ4n) is 2.48. The summed E-state index contributed by atoms with van der Waals surface area (Å²) in [4.78, 5) is 5.14. The normalized spacial score (nSPS) is 21.2. The fraction of sp³-hybridized carbons (Fsp3) is 0.438. The molecule has 1 aromatic rings. The first-order valence-electron chi connectivity index (χ1n) is 7.37. The summed E-state index contributed by atoms with van der Waals surface area (Å²) in [5.41, 5.74) is 0.978. The number of benzene rings is 1. The van der Waals surface area contributed by atoms with Gasteiger partial charge in [-0.1, -0.05) is 13.8 Å². The summed E-state index contributed by atoms with van der Waals surface area (Å²) in [6.07, 6.45) is 1.92. The summed E-state index contributed by atoms with van der Waals surface area (Å²) in [5, 5.41) is 4.21. The van der Waals surface area contributed by atoms with Crippen LogP contribution in [-0.2, 0) is 0 Å². The molecule has 0 saturated heterocycles.